The third-order valence-corrected chi connectivity index (χ3v) is 4.99. The van der Waals surface area contributed by atoms with Gasteiger partial charge in [-0.05, 0) is 19.1 Å². The van der Waals surface area contributed by atoms with E-state index in [-0.39, 0.29) is 16.5 Å². The summed E-state index contributed by atoms with van der Waals surface area (Å²) in [6.07, 6.45) is 1.08. The van der Waals surface area contributed by atoms with Gasteiger partial charge in [-0.1, -0.05) is 0 Å². The van der Waals surface area contributed by atoms with Crippen LogP contribution < -0.4 is 5.32 Å². The minimum atomic E-state index is -3.56. The fourth-order valence-corrected chi connectivity index (χ4v) is 3.66. The summed E-state index contributed by atoms with van der Waals surface area (Å²) >= 11 is 0. The van der Waals surface area contributed by atoms with Crippen LogP contribution in [-0.2, 0) is 21.1 Å². The molecule has 0 fully saturated rings. The first kappa shape index (κ1) is 15.0. The summed E-state index contributed by atoms with van der Waals surface area (Å²) in [5.74, 6) is 0.155. The normalized spacial score (nSPS) is 18.2. The second kappa shape index (κ2) is 5.06. The molecule has 7 nitrogen and oxygen atoms in total. The van der Waals surface area contributed by atoms with Gasteiger partial charge >= 0.3 is 5.97 Å². The molecule has 0 saturated carbocycles. The molecule has 3 rings (SSSR count). The number of esters is 1. The Bertz CT molecular complexity index is 870. The van der Waals surface area contributed by atoms with Gasteiger partial charge in [-0.25, -0.2) is 18.2 Å². The van der Waals surface area contributed by atoms with Crippen LogP contribution in [-0.4, -0.2) is 43.8 Å². The molecular weight excluding hydrogens is 306 g/mol. The van der Waals surface area contributed by atoms with Crippen molar-refractivity contribution in [3.63, 3.8) is 0 Å². The zero-order valence-electron chi connectivity index (χ0n) is 12.6. The predicted molar refractivity (Wildman–Crippen MR) is 80.6 cm³/mol. The van der Waals surface area contributed by atoms with Crippen molar-refractivity contribution in [2.75, 3.05) is 19.9 Å². The van der Waals surface area contributed by atoms with Crippen molar-refractivity contribution < 1.29 is 17.9 Å². The first-order valence-electron chi connectivity index (χ1n) is 6.89. The highest BCUT2D eigenvalue weighted by atomic mass is 32.2. The number of fused-ring (bicyclic) bond motifs is 3. The third-order valence-electron chi connectivity index (χ3n) is 3.86. The summed E-state index contributed by atoms with van der Waals surface area (Å²) in [7, 11) is -2.33. The number of nitrogens with one attached hydrogen (secondary N) is 1. The monoisotopic (exact) mass is 323 g/mol. The van der Waals surface area contributed by atoms with Crippen LogP contribution in [0, 0.1) is 0 Å². The largest absolute Gasteiger partial charge is 0.465 e. The van der Waals surface area contributed by atoms with Gasteiger partial charge in [0.25, 0.3) is 0 Å². The number of imidazole rings is 1. The Morgan fingerprint density at radius 2 is 2.18 bits per heavy atom. The molecule has 1 aromatic carbocycles. The number of hydrogen-bond acceptors (Lipinski definition) is 6. The number of sulfone groups is 1. The summed E-state index contributed by atoms with van der Waals surface area (Å²) < 4.78 is 30.7. The summed E-state index contributed by atoms with van der Waals surface area (Å²) in [5.41, 5.74) is 1.34. The summed E-state index contributed by atoms with van der Waals surface area (Å²) in [6.45, 7) is 3.49. The lowest BCUT2D eigenvalue weighted by Gasteiger charge is -2.22. The second-order valence-electron chi connectivity index (χ2n) is 5.40. The quantitative estimate of drug-likeness (QED) is 0.826. The molecule has 8 heteroatoms. The molecule has 0 amide bonds. The Morgan fingerprint density at radius 3 is 2.82 bits per heavy atom. The number of aromatic nitrogens is 2. The fraction of sp³-hybridized carbons (Fsp3) is 0.429. The molecule has 0 saturated heterocycles. The molecule has 118 valence electrons. The van der Waals surface area contributed by atoms with E-state index in [4.69, 9.17) is 4.74 Å². The molecule has 1 aliphatic heterocycles. The van der Waals surface area contributed by atoms with E-state index in [0.29, 0.717) is 12.1 Å². The average molecular weight is 323 g/mol. The number of nitrogens with zero attached hydrogens (tertiary/aromatic N) is 2. The topological polar surface area (TPSA) is 90.3 Å². The number of rotatable bonds is 2. The highest BCUT2D eigenvalue weighted by molar-refractivity contribution is 7.90. The molecule has 2 heterocycles. The summed E-state index contributed by atoms with van der Waals surface area (Å²) in [4.78, 5) is 16.4. The van der Waals surface area contributed by atoms with Gasteiger partial charge in [-0.15, -0.1) is 0 Å². The molecule has 1 unspecified atom stereocenters. The third kappa shape index (κ3) is 2.28. The summed E-state index contributed by atoms with van der Waals surface area (Å²) in [5, 5.41) is 3.30. The fourth-order valence-electron chi connectivity index (χ4n) is 2.80. The maximum absolute atomic E-state index is 12.0. The van der Waals surface area contributed by atoms with Gasteiger partial charge in [-0.3, -0.25) is 0 Å². The number of carbonyl (C=O) groups excluding carboxylic acids is 1. The molecule has 0 aliphatic carbocycles. The molecule has 1 aliphatic rings. The van der Waals surface area contributed by atoms with Gasteiger partial charge < -0.3 is 14.6 Å². The van der Waals surface area contributed by atoms with Crippen molar-refractivity contribution in [2.24, 2.45) is 0 Å². The van der Waals surface area contributed by atoms with Crippen molar-refractivity contribution >= 4 is 26.8 Å². The van der Waals surface area contributed by atoms with Crippen LogP contribution in [0.1, 0.15) is 29.1 Å². The minimum Gasteiger partial charge on any atom is -0.465 e. The van der Waals surface area contributed by atoms with Gasteiger partial charge in [-0.2, -0.15) is 0 Å². The highest BCUT2D eigenvalue weighted by Gasteiger charge is 2.25. The highest BCUT2D eigenvalue weighted by Crippen LogP contribution is 2.28. The Labute approximate surface area is 128 Å². The SMILES string of the molecule is COC(=O)c1cc2nc3n(c2cc1S(C)(=O)=O)CCNC3C. The van der Waals surface area contributed by atoms with E-state index in [1.165, 1.54) is 19.2 Å². The molecule has 22 heavy (non-hydrogen) atoms. The standard InChI is InChI=1S/C14H17N3O4S/c1-8-13-16-10-6-9(14(18)21-2)12(22(3,19)20)7-11(10)17(13)5-4-15-8/h6-8,15H,4-5H2,1-3H3. The van der Waals surface area contributed by atoms with Crippen molar-refractivity contribution in [3.05, 3.63) is 23.5 Å². The van der Waals surface area contributed by atoms with E-state index >= 15 is 0 Å². The lowest BCUT2D eigenvalue weighted by Crippen LogP contribution is -2.31. The lowest BCUT2D eigenvalue weighted by atomic mass is 10.2. The maximum atomic E-state index is 12.0. The van der Waals surface area contributed by atoms with Crippen LogP contribution in [0.4, 0.5) is 0 Å². The number of methoxy groups -OCH3 is 1. The number of hydrogen-bond donors (Lipinski definition) is 1. The maximum Gasteiger partial charge on any atom is 0.339 e. The molecule has 2 aromatic rings. The Balaban J connectivity index is 2.35. The van der Waals surface area contributed by atoms with E-state index in [0.717, 1.165) is 24.1 Å². The zero-order chi connectivity index (χ0) is 16.1. The Kier molecular flexibility index (Phi) is 3.45. The van der Waals surface area contributed by atoms with Crippen LogP contribution >= 0.6 is 0 Å². The van der Waals surface area contributed by atoms with Crippen LogP contribution in [0.15, 0.2) is 17.0 Å². The number of carbonyl (C=O) groups is 1. The van der Waals surface area contributed by atoms with Crippen molar-refractivity contribution in [2.45, 2.75) is 24.4 Å². The minimum absolute atomic E-state index is 0.0218. The average Bonchev–Trinajstić information content (AvgIpc) is 2.83. The molecule has 0 radical (unpaired) electrons. The number of benzene rings is 1. The first-order valence-corrected chi connectivity index (χ1v) is 8.78. The van der Waals surface area contributed by atoms with E-state index in [9.17, 15) is 13.2 Å². The molecule has 1 aromatic heterocycles. The van der Waals surface area contributed by atoms with Crippen LogP contribution in [0.2, 0.25) is 0 Å². The van der Waals surface area contributed by atoms with E-state index in [2.05, 4.69) is 10.3 Å². The van der Waals surface area contributed by atoms with Crippen molar-refractivity contribution in [1.82, 2.24) is 14.9 Å². The van der Waals surface area contributed by atoms with E-state index < -0.39 is 15.8 Å². The molecule has 0 bridgehead atoms. The van der Waals surface area contributed by atoms with Gasteiger partial charge in [0, 0.05) is 19.3 Å². The molecule has 1 N–H and O–H groups in total. The first-order chi connectivity index (χ1) is 10.3. The van der Waals surface area contributed by atoms with Crippen LogP contribution in [0.25, 0.3) is 11.0 Å². The van der Waals surface area contributed by atoms with Gasteiger partial charge in [0.1, 0.15) is 5.82 Å². The van der Waals surface area contributed by atoms with Crippen molar-refractivity contribution in [1.29, 1.82) is 0 Å². The molecular formula is C14H17N3O4S. The smallest absolute Gasteiger partial charge is 0.339 e. The second-order valence-corrected chi connectivity index (χ2v) is 7.38. The van der Waals surface area contributed by atoms with E-state index in [1.54, 1.807) is 0 Å². The van der Waals surface area contributed by atoms with Crippen LogP contribution in [0.5, 0.6) is 0 Å². The van der Waals surface area contributed by atoms with Gasteiger partial charge in [0.05, 0.1) is 34.6 Å². The lowest BCUT2D eigenvalue weighted by molar-refractivity contribution is 0.0596. The predicted octanol–water partition coefficient (Wildman–Crippen LogP) is 0.891. The Morgan fingerprint density at radius 1 is 1.45 bits per heavy atom. The molecule has 1 atom stereocenters. The Hall–Kier alpha value is -1.93. The van der Waals surface area contributed by atoms with Gasteiger partial charge in [0.15, 0.2) is 9.84 Å². The van der Waals surface area contributed by atoms with Gasteiger partial charge in [0.2, 0.25) is 0 Å². The summed E-state index contributed by atoms with van der Waals surface area (Å²) in [6, 6.07) is 3.09. The molecule has 0 spiro atoms. The van der Waals surface area contributed by atoms with Crippen molar-refractivity contribution in [3.8, 4) is 0 Å². The zero-order valence-corrected chi connectivity index (χ0v) is 13.4. The van der Waals surface area contributed by atoms with E-state index in [1.807, 2.05) is 11.5 Å². The van der Waals surface area contributed by atoms with Crippen LogP contribution in [0.3, 0.4) is 0 Å². The number of ether oxygens (including phenoxy) is 1.